The zero-order chi connectivity index (χ0) is 15.8. The molecule has 0 aromatic carbocycles. The van der Waals surface area contributed by atoms with Gasteiger partial charge in [-0.15, -0.1) is 0 Å². The molecule has 0 amide bonds. The lowest BCUT2D eigenvalue weighted by Crippen LogP contribution is -2.30. The molecule has 0 saturated heterocycles. The number of rotatable bonds is 0. The van der Waals surface area contributed by atoms with Crippen LogP contribution in [0.1, 0.15) is 9.81 Å². The van der Waals surface area contributed by atoms with Gasteiger partial charge in [0.25, 0.3) is 10.5 Å². The summed E-state index contributed by atoms with van der Waals surface area (Å²) >= 11 is 1.49. The van der Waals surface area contributed by atoms with E-state index in [-0.39, 0.29) is 0 Å². The maximum atomic E-state index is 7.89. The molecule has 96 valence electrons. The molecule has 0 fully saturated rings. The zero-order valence-corrected chi connectivity index (χ0v) is 11.2. The van der Waals surface area contributed by atoms with Crippen LogP contribution in [0.15, 0.2) is 36.7 Å². The first-order chi connectivity index (χ1) is 11.1. The predicted octanol–water partition coefficient (Wildman–Crippen LogP) is 2.50. The van der Waals surface area contributed by atoms with E-state index in [9.17, 15) is 0 Å². The summed E-state index contributed by atoms with van der Waals surface area (Å²) in [5, 5.41) is 1.93. The Balaban J connectivity index is 1.96. The van der Waals surface area contributed by atoms with E-state index in [4.69, 9.17) is 4.11 Å². The largest absolute Gasteiger partial charge is 0.315 e. The molecular formula is C15H11N4S+. The van der Waals surface area contributed by atoms with Gasteiger partial charge >= 0.3 is 0 Å². The average molecular weight is 282 g/mol. The summed E-state index contributed by atoms with van der Waals surface area (Å²) in [7, 11) is 0. The maximum Gasteiger partial charge on any atom is 0.274 e. The second kappa shape index (κ2) is 3.43. The Kier molecular flexibility index (Phi) is 1.39. The van der Waals surface area contributed by atoms with Crippen molar-refractivity contribution in [3.05, 3.63) is 42.4 Å². The van der Waals surface area contributed by atoms with Crippen molar-refractivity contribution in [2.75, 3.05) is 0 Å². The first-order valence-corrected chi connectivity index (χ1v) is 7.14. The number of hydrogen-bond donors (Lipinski definition) is 0. The van der Waals surface area contributed by atoms with Gasteiger partial charge in [-0.05, 0) is 35.6 Å². The number of thiazole rings is 1. The predicted molar refractivity (Wildman–Crippen MR) is 78.6 cm³/mol. The minimum absolute atomic E-state index is 0.507. The second-order valence-electron chi connectivity index (χ2n) is 4.85. The Morgan fingerprint density at radius 3 is 3.15 bits per heavy atom. The van der Waals surface area contributed by atoms with Gasteiger partial charge in [-0.1, -0.05) is 0 Å². The van der Waals surface area contributed by atoms with Crippen molar-refractivity contribution in [3.63, 3.8) is 0 Å². The van der Waals surface area contributed by atoms with E-state index in [0.29, 0.717) is 12.2 Å². The van der Waals surface area contributed by atoms with Crippen LogP contribution in [0.5, 0.6) is 0 Å². The van der Waals surface area contributed by atoms with Crippen molar-refractivity contribution in [3.8, 4) is 10.6 Å². The van der Waals surface area contributed by atoms with E-state index in [1.54, 1.807) is 12.4 Å². The van der Waals surface area contributed by atoms with Crippen LogP contribution in [-0.4, -0.2) is 14.5 Å². The standard InChI is InChI=1S/C15H11N4S/c1-18-13-10(5-3-7-17-13)12-15(18)20-14-9-4-2-6-16-11(9)8-19(12)14/h2-7H,8H2,1H3/q+1/i1D3. The monoisotopic (exact) mass is 282 g/mol. The van der Waals surface area contributed by atoms with Crippen molar-refractivity contribution >= 4 is 32.7 Å². The fraction of sp³-hybridized carbons (Fsp3) is 0.133. The molecule has 0 bridgehead atoms. The minimum Gasteiger partial charge on any atom is -0.315 e. The molecule has 0 radical (unpaired) electrons. The van der Waals surface area contributed by atoms with Gasteiger partial charge in [0.1, 0.15) is 11.3 Å². The van der Waals surface area contributed by atoms with Gasteiger partial charge in [0.15, 0.2) is 11.4 Å². The maximum absolute atomic E-state index is 7.89. The van der Waals surface area contributed by atoms with Crippen LogP contribution in [0.25, 0.3) is 32.0 Å². The SMILES string of the molecule is [2H]C([2H])([2H])n1c2ncccc2c2c1sc1[n+]2Cc2ncccc2-1. The van der Waals surface area contributed by atoms with Gasteiger partial charge in [-0.25, -0.2) is 4.98 Å². The number of pyridine rings is 2. The molecule has 20 heavy (non-hydrogen) atoms. The molecule has 4 aromatic rings. The highest BCUT2D eigenvalue weighted by Gasteiger charge is 2.35. The van der Waals surface area contributed by atoms with E-state index in [2.05, 4.69) is 14.5 Å². The lowest BCUT2D eigenvalue weighted by molar-refractivity contribution is -0.641. The third-order valence-electron chi connectivity index (χ3n) is 3.80. The van der Waals surface area contributed by atoms with Gasteiger partial charge < -0.3 is 4.57 Å². The summed E-state index contributed by atoms with van der Waals surface area (Å²) < 4.78 is 27.2. The summed E-state index contributed by atoms with van der Waals surface area (Å²) in [5.74, 6) is 0. The van der Waals surface area contributed by atoms with Crippen LogP contribution in [0, 0.1) is 0 Å². The molecular weight excluding hydrogens is 268 g/mol. The number of aromatic nitrogens is 4. The number of nitrogens with zero attached hydrogens (tertiary/aromatic N) is 4. The van der Waals surface area contributed by atoms with Crippen LogP contribution >= 0.6 is 11.3 Å². The third kappa shape index (κ3) is 1.10. The molecule has 1 aliphatic rings. The van der Waals surface area contributed by atoms with Gasteiger partial charge in [-0.3, -0.25) is 4.98 Å². The van der Waals surface area contributed by atoms with E-state index in [1.807, 2.05) is 24.3 Å². The molecule has 4 nitrogen and oxygen atoms in total. The number of fused-ring (bicyclic) bond motifs is 7. The molecule has 5 heterocycles. The highest BCUT2D eigenvalue weighted by atomic mass is 32.1. The van der Waals surface area contributed by atoms with E-state index in [1.165, 1.54) is 15.9 Å². The number of hydrogen-bond acceptors (Lipinski definition) is 3. The molecule has 0 saturated carbocycles. The molecule has 0 N–H and O–H groups in total. The summed E-state index contributed by atoms with van der Waals surface area (Å²) in [4.78, 5) is 9.49. The summed E-state index contributed by atoms with van der Waals surface area (Å²) in [6.07, 6.45) is 3.43. The van der Waals surface area contributed by atoms with Crippen molar-refractivity contribution in [1.82, 2.24) is 14.5 Å². The highest BCUT2D eigenvalue weighted by Crippen LogP contribution is 2.37. The minimum atomic E-state index is -2.26. The smallest absolute Gasteiger partial charge is 0.274 e. The molecule has 0 unspecified atom stereocenters. The lowest BCUT2D eigenvalue weighted by atomic mass is 10.2. The fourth-order valence-corrected chi connectivity index (χ4v) is 4.18. The van der Waals surface area contributed by atoms with E-state index < -0.39 is 6.98 Å². The summed E-state index contributed by atoms with van der Waals surface area (Å²) in [6, 6.07) is 7.73. The van der Waals surface area contributed by atoms with Crippen molar-refractivity contribution < 1.29 is 8.68 Å². The van der Waals surface area contributed by atoms with Crippen LogP contribution < -0.4 is 4.57 Å². The fourth-order valence-electron chi connectivity index (χ4n) is 2.94. The Morgan fingerprint density at radius 1 is 1.30 bits per heavy atom. The van der Waals surface area contributed by atoms with Crippen molar-refractivity contribution in [2.45, 2.75) is 6.54 Å². The third-order valence-corrected chi connectivity index (χ3v) is 5.00. The Bertz CT molecular complexity index is 1090. The van der Waals surface area contributed by atoms with Gasteiger partial charge in [0.05, 0.1) is 10.9 Å². The summed E-state index contributed by atoms with van der Waals surface area (Å²) in [6.45, 7) is -1.59. The molecule has 5 rings (SSSR count). The molecule has 1 aliphatic heterocycles. The van der Waals surface area contributed by atoms with Crippen molar-refractivity contribution in [1.29, 1.82) is 0 Å². The Morgan fingerprint density at radius 2 is 2.20 bits per heavy atom. The first-order valence-electron chi connectivity index (χ1n) is 7.82. The molecule has 4 aromatic heterocycles. The van der Waals surface area contributed by atoms with Crippen molar-refractivity contribution in [2.24, 2.45) is 6.98 Å². The van der Waals surface area contributed by atoms with Crippen LogP contribution in [0.4, 0.5) is 0 Å². The first kappa shape index (κ1) is 8.11. The Labute approximate surface area is 123 Å². The van der Waals surface area contributed by atoms with Gasteiger partial charge in [0.2, 0.25) is 0 Å². The second-order valence-corrected chi connectivity index (χ2v) is 5.83. The van der Waals surface area contributed by atoms with E-state index in [0.717, 1.165) is 32.0 Å². The lowest BCUT2D eigenvalue weighted by Gasteiger charge is -1.93. The molecule has 5 heteroatoms. The topological polar surface area (TPSA) is 34.6 Å². The van der Waals surface area contributed by atoms with E-state index >= 15 is 0 Å². The number of aryl methyl sites for hydroxylation is 1. The quantitative estimate of drug-likeness (QED) is 0.409. The molecule has 0 aliphatic carbocycles. The zero-order valence-electron chi connectivity index (χ0n) is 13.4. The van der Waals surface area contributed by atoms with Crippen LogP contribution in [-0.2, 0) is 13.5 Å². The Hall–Kier alpha value is -2.27. The average Bonchev–Trinajstić information content (AvgIpc) is 3.12. The van der Waals surface area contributed by atoms with Gasteiger partial charge in [0, 0.05) is 23.5 Å². The van der Waals surface area contributed by atoms with Crippen LogP contribution in [0.2, 0.25) is 0 Å². The summed E-state index contributed by atoms with van der Waals surface area (Å²) in [5.41, 5.74) is 3.55. The molecule has 0 spiro atoms. The highest BCUT2D eigenvalue weighted by molar-refractivity contribution is 7.21. The van der Waals surface area contributed by atoms with Crippen LogP contribution in [0.3, 0.4) is 0 Å². The van der Waals surface area contributed by atoms with Gasteiger partial charge in [-0.2, -0.15) is 4.57 Å². The normalized spacial score (nSPS) is 15.9. The molecule has 0 atom stereocenters.